The molecule has 3 rings (SSSR count). The van der Waals surface area contributed by atoms with Crippen LogP contribution in [0.1, 0.15) is 12.0 Å². The summed E-state index contributed by atoms with van der Waals surface area (Å²) in [5.74, 6) is 0.795. The van der Waals surface area contributed by atoms with Crippen LogP contribution in [0.2, 0.25) is 5.02 Å². The van der Waals surface area contributed by atoms with Crippen LogP contribution in [0.4, 0.5) is 11.5 Å². The summed E-state index contributed by atoms with van der Waals surface area (Å²) in [6.45, 7) is 4.08. The number of carbonyl (C=O) groups excluding carboxylic acids is 1. The molecule has 0 saturated carbocycles. The molecule has 1 aromatic heterocycles. The molecule has 0 atom stereocenters. The molecule has 0 bridgehead atoms. The minimum Gasteiger partial charge on any atom is -0.354 e. The number of halogens is 1. The normalized spacial score (nSPS) is 14.7. The number of piperazine rings is 1. The molecular weight excluding hydrogens is 350 g/mol. The first-order valence-corrected chi connectivity index (χ1v) is 8.91. The first kappa shape index (κ1) is 18.2. The maximum Gasteiger partial charge on any atom is 0.225 e. The lowest BCUT2D eigenvalue weighted by molar-refractivity contribution is -0.116. The first-order chi connectivity index (χ1) is 12.7. The van der Waals surface area contributed by atoms with Crippen molar-refractivity contribution in [2.45, 2.75) is 6.42 Å². The Morgan fingerprint density at radius 2 is 2.00 bits per heavy atom. The van der Waals surface area contributed by atoms with E-state index in [-0.39, 0.29) is 5.91 Å². The molecule has 2 heterocycles. The Labute approximate surface area is 158 Å². The number of para-hydroxylation sites is 1. The summed E-state index contributed by atoms with van der Waals surface area (Å²) in [7, 11) is 0. The van der Waals surface area contributed by atoms with E-state index < -0.39 is 0 Å². The number of amides is 1. The van der Waals surface area contributed by atoms with Gasteiger partial charge in [-0.1, -0.05) is 23.7 Å². The third kappa shape index (κ3) is 4.72. The summed E-state index contributed by atoms with van der Waals surface area (Å²) in [6, 6.07) is 12.9. The lowest BCUT2D eigenvalue weighted by Gasteiger charge is -2.35. The third-order valence-electron chi connectivity index (χ3n) is 4.37. The maximum absolute atomic E-state index is 12.1. The van der Waals surface area contributed by atoms with E-state index in [9.17, 15) is 4.79 Å². The van der Waals surface area contributed by atoms with Crippen molar-refractivity contribution in [2.75, 3.05) is 42.9 Å². The molecule has 134 valence electrons. The van der Waals surface area contributed by atoms with Gasteiger partial charge in [-0.3, -0.25) is 9.69 Å². The molecule has 1 aliphatic heterocycles. The van der Waals surface area contributed by atoms with Crippen molar-refractivity contribution in [3.05, 3.63) is 53.2 Å². The Hall–Kier alpha value is -2.62. The van der Waals surface area contributed by atoms with Crippen LogP contribution in [0.3, 0.4) is 0 Å². The molecule has 7 heteroatoms. The van der Waals surface area contributed by atoms with E-state index in [0.717, 1.165) is 32.0 Å². The summed E-state index contributed by atoms with van der Waals surface area (Å²) in [5, 5.41) is 12.4. The van der Waals surface area contributed by atoms with Crippen LogP contribution >= 0.6 is 11.6 Å². The number of hydrogen-bond donors (Lipinski definition) is 1. The van der Waals surface area contributed by atoms with Crippen molar-refractivity contribution >= 4 is 29.0 Å². The van der Waals surface area contributed by atoms with Crippen LogP contribution in [0.25, 0.3) is 0 Å². The monoisotopic (exact) mass is 369 g/mol. The molecule has 2 aromatic rings. The second-order valence-corrected chi connectivity index (χ2v) is 6.53. The zero-order valence-electron chi connectivity index (χ0n) is 14.4. The number of hydrogen-bond acceptors (Lipinski definition) is 5. The minimum atomic E-state index is -0.0380. The van der Waals surface area contributed by atoms with Gasteiger partial charge < -0.3 is 10.2 Å². The summed E-state index contributed by atoms with van der Waals surface area (Å²) < 4.78 is 0. The topological polar surface area (TPSA) is 72.3 Å². The lowest BCUT2D eigenvalue weighted by atomic mass is 10.2. The molecule has 1 aromatic carbocycles. The van der Waals surface area contributed by atoms with Crippen molar-refractivity contribution in [1.29, 1.82) is 5.26 Å². The highest BCUT2D eigenvalue weighted by molar-refractivity contribution is 6.33. The van der Waals surface area contributed by atoms with Gasteiger partial charge in [-0.15, -0.1) is 0 Å². The number of pyridine rings is 1. The van der Waals surface area contributed by atoms with Gasteiger partial charge in [0.1, 0.15) is 5.82 Å². The van der Waals surface area contributed by atoms with Gasteiger partial charge in [0.25, 0.3) is 0 Å². The van der Waals surface area contributed by atoms with Gasteiger partial charge >= 0.3 is 0 Å². The van der Waals surface area contributed by atoms with Gasteiger partial charge in [0.2, 0.25) is 5.91 Å². The number of benzene rings is 1. The molecule has 0 unspecified atom stereocenters. The highest BCUT2D eigenvalue weighted by Crippen LogP contribution is 2.20. The average Bonchev–Trinajstić information content (AvgIpc) is 2.68. The van der Waals surface area contributed by atoms with Crippen molar-refractivity contribution < 1.29 is 4.79 Å². The number of carbonyl (C=O) groups is 1. The molecule has 1 N–H and O–H groups in total. The molecule has 1 aliphatic rings. The molecule has 26 heavy (non-hydrogen) atoms. The van der Waals surface area contributed by atoms with Gasteiger partial charge in [0.05, 0.1) is 22.3 Å². The minimum absolute atomic E-state index is 0.0380. The van der Waals surface area contributed by atoms with E-state index in [1.54, 1.807) is 24.4 Å². The Balaban J connectivity index is 1.45. The number of nitriles is 1. The van der Waals surface area contributed by atoms with Gasteiger partial charge in [-0.25, -0.2) is 4.98 Å². The maximum atomic E-state index is 12.1. The standard InChI is InChI=1S/C19H20ClN5O/c20-16-3-1-2-4-17(16)23-19(26)6-8-24-9-11-25(12-10-24)18-13-15(14-21)5-7-22-18/h1-5,7,13H,6,8-12H2,(H,23,26). The molecule has 1 amide bonds. The molecule has 1 saturated heterocycles. The van der Waals surface area contributed by atoms with Crippen LogP contribution in [0, 0.1) is 11.3 Å². The van der Waals surface area contributed by atoms with Crippen LogP contribution in [0.15, 0.2) is 42.6 Å². The summed E-state index contributed by atoms with van der Waals surface area (Å²) in [6.07, 6.45) is 2.09. The molecule has 0 spiro atoms. The Morgan fingerprint density at radius 3 is 2.73 bits per heavy atom. The fourth-order valence-electron chi connectivity index (χ4n) is 2.90. The van der Waals surface area contributed by atoms with Gasteiger partial charge in [-0.2, -0.15) is 5.26 Å². The van der Waals surface area contributed by atoms with Gasteiger partial charge in [-0.05, 0) is 24.3 Å². The van der Waals surface area contributed by atoms with E-state index in [0.29, 0.717) is 29.2 Å². The molecule has 0 aliphatic carbocycles. The molecule has 1 fully saturated rings. The van der Waals surface area contributed by atoms with Crippen LogP contribution in [-0.2, 0) is 4.79 Å². The van der Waals surface area contributed by atoms with Gasteiger partial charge in [0, 0.05) is 45.3 Å². The summed E-state index contributed by atoms with van der Waals surface area (Å²) in [5.41, 5.74) is 1.26. The highest BCUT2D eigenvalue weighted by atomic mass is 35.5. The largest absolute Gasteiger partial charge is 0.354 e. The second-order valence-electron chi connectivity index (χ2n) is 6.12. The average molecular weight is 370 g/mol. The van der Waals surface area contributed by atoms with Crippen molar-refractivity contribution in [1.82, 2.24) is 9.88 Å². The number of rotatable bonds is 5. The van der Waals surface area contributed by atoms with Crippen molar-refractivity contribution in [3.8, 4) is 6.07 Å². The SMILES string of the molecule is N#Cc1ccnc(N2CCN(CCC(=O)Nc3ccccc3Cl)CC2)c1. The van der Waals surface area contributed by atoms with Gasteiger partial charge in [0.15, 0.2) is 0 Å². The van der Waals surface area contributed by atoms with Crippen LogP contribution in [-0.4, -0.2) is 48.5 Å². The van der Waals surface area contributed by atoms with Crippen LogP contribution in [0.5, 0.6) is 0 Å². The fourth-order valence-corrected chi connectivity index (χ4v) is 3.08. The third-order valence-corrected chi connectivity index (χ3v) is 4.70. The lowest BCUT2D eigenvalue weighted by Crippen LogP contribution is -2.47. The first-order valence-electron chi connectivity index (χ1n) is 8.53. The molecular formula is C19H20ClN5O. The van der Waals surface area contributed by atoms with Crippen LogP contribution < -0.4 is 10.2 Å². The second kappa shape index (κ2) is 8.65. The Kier molecular flexibility index (Phi) is 6.05. The summed E-state index contributed by atoms with van der Waals surface area (Å²) in [4.78, 5) is 20.9. The Morgan fingerprint density at radius 1 is 1.23 bits per heavy atom. The van der Waals surface area contributed by atoms with E-state index >= 15 is 0 Å². The Bertz CT molecular complexity index is 812. The summed E-state index contributed by atoms with van der Waals surface area (Å²) >= 11 is 6.06. The predicted molar refractivity (Wildman–Crippen MR) is 102 cm³/mol. The number of nitrogens with zero attached hydrogens (tertiary/aromatic N) is 4. The smallest absolute Gasteiger partial charge is 0.225 e. The number of anilines is 2. The highest BCUT2D eigenvalue weighted by Gasteiger charge is 2.19. The fraction of sp³-hybridized carbons (Fsp3) is 0.316. The van der Waals surface area contributed by atoms with E-state index in [1.807, 2.05) is 18.2 Å². The predicted octanol–water partition coefficient (Wildman–Crippen LogP) is 2.76. The van der Waals surface area contributed by atoms with Crippen molar-refractivity contribution in [2.24, 2.45) is 0 Å². The number of aromatic nitrogens is 1. The molecule has 6 nitrogen and oxygen atoms in total. The zero-order chi connectivity index (χ0) is 18.4. The number of nitrogens with one attached hydrogen (secondary N) is 1. The quantitative estimate of drug-likeness (QED) is 0.877. The zero-order valence-corrected chi connectivity index (χ0v) is 15.1. The van der Waals surface area contributed by atoms with E-state index in [2.05, 4.69) is 26.2 Å². The molecule has 0 radical (unpaired) electrons. The van der Waals surface area contributed by atoms with E-state index in [4.69, 9.17) is 16.9 Å². The van der Waals surface area contributed by atoms with Crippen molar-refractivity contribution in [3.63, 3.8) is 0 Å². The van der Waals surface area contributed by atoms with E-state index in [1.165, 1.54) is 0 Å².